The molecule has 1 rings (SSSR count). The second-order valence-electron chi connectivity index (χ2n) is 4.22. The molecular weight excluding hydrogens is 162 g/mol. The van der Waals surface area contributed by atoms with Gasteiger partial charge in [0.25, 0.3) is 0 Å². The summed E-state index contributed by atoms with van der Waals surface area (Å²) in [5.74, 6) is 0.252. The van der Waals surface area contributed by atoms with Crippen LogP contribution in [0.2, 0.25) is 0 Å². The monoisotopic (exact) mass is 175 g/mol. The maximum Gasteiger partial charge on any atom is 0.232 e. The Morgan fingerprint density at radius 3 is 2.69 bits per heavy atom. The molecule has 0 saturated carbocycles. The lowest BCUT2D eigenvalue weighted by Gasteiger charge is -2.16. The summed E-state index contributed by atoms with van der Waals surface area (Å²) in [6.07, 6.45) is 2.50. The van der Waals surface area contributed by atoms with Crippen LogP contribution < -0.4 is 0 Å². The molecule has 0 aliphatic rings. The summed E-state index contributed by atoms with van der Waals surface area (Å²) in [6.45, 7) is 6.42. The number of nitriles is 1. The van der Waals surface area contributed by atoms with Crippen LogP contribution in [0.3, 0.4) is 0 Å². The van der Waals surface area contributed by atoms with Gasteiger partial charge in [0.15, 0.2) is 0 Å². The van der Waals surface area contributed by atoms with Crippen molar-refractivity contribution in [2.24, 2.45) is 5.41 Å². The third-order valence-corrected chi connectivity index (χ3v) is 1.52. The molecule has 68 valence electrons. The minimum absolute atomic E-state index is 0.196. The molecule has 0 fully saturated rings. The molecule has 0 aliphatic carbocycles. The highest BCUT2D eigenvalue weighted by Crippen LogP contribution is 2.18. The van der Waals surface area contributed by atoms with Gasteiger partial charge in [-0.25, -0.2) is 9.97 Å². The van der Waals surface area contributed by atoms with Crippen LogP contribution in [0.25, 0.3) is 0 Å². The van der Waals surface area contributed by atoms with E-state index in [1.54, 1.807) is 6.20 Å². The quantitative estimate of drug-likeness (QED) is 0.655. The van der Waals surface area contributed by atoms with E-state index in [4.69, 9.17) is 5.26 Å². The highest BCUT2D eigenvalue weighted by Gasteiger charge is 2.12. The van der Waals surface area contributed by atoms with E-state index in [1.807, 2.05) is 12.1 Å². The molecule has 3 heteroatoms. The van der Waals surface area contributed by atoms with Crippen LogP contribution in [0, 0.1) is 16.7 Å². The van der Waals surface area contributed by atoms with Crippen LogP contribution in [-0.4, -0.2) is 9.97 Å². The molecular formula is C10H13N3. The first-order valence-electron chi connectivity index (χ1n) is 4.23. The van der Waals surface area contributed by atoms with Crippen LogP contribution >= 0.6 is 0 Å². The first kappa shape index (κ1) is 9.66. The van der Waals surface area contributed by atoms with Gasteiger partial charge in [-0.3, -0.25) is 0 Å². The number of aromatic nitrogens is 2. The van der Waals surface area contributed by atoms with Gasteiger partial charge in [-0.2, -0.15) is 5.26 Å². The Balaban J connectivity index is 2.86. The molecule has 1 aromatic rings. The van der Waals surface area contributed by atoms with Gasteiger partial charge in [-0.1, -0.05) is 20.8 Å². The largest absolute Gasteiger partial charge is 0.232 e. The number of hydrogen-bond donors (Lipinski definition) is 0. The molecule has 0 radical (unpaired) electrons. The van der Waals surface area contributed by atoms with E-state index in [2.05, 4.69) is 30.7 Å². The van der Waals surface area contributed by atoms with Gasteiger partial charge in [0.05, 0.1) is 0 Å². The normalized spacial score (nSPS) is 10.9. The summed E-state index contributed by atoms with van der Waals surface area (Å²) >= 11 is 0. The van der Waals surface area contributed by atoms with Gasteiger partial charge >= 0.3 is 0 Å². The Hall–Kier alpha value is -1.43. The van der Waals surface area contributed by atoms with Crippen LogP contribution in [0.15, 0.2) is 12.3 Å². The second-order valence-corrected chi connectivity index (χ2v) is 4.22. The standard InChI is InChI=1S/C10H13N3/c1-10(2,3)6-8-4-5-12-9(7-11)13-8/h4-5H,6H2,1-3H3. The zero-order valence-corrected chi connectivity index (χ0v) is 8.20. The SMILES string of the molecule is CC(C)(C)Cc1ccnc(C#N)n1. The summed E-state index contributed by atoms with van der Waals surface area (Å²) in [4.78, 5) is 7.92. The molecule has 0 atom stereocenters. The summed E-state index contributed by atoms with van der Waals surface area (Å²) in [6, 6.07) is 3.78. The lowest BCUT2D eigenvalue weighted by Crippen LogP contribution is -2.11. The van der Waals surface area contributed by atoms with Crippen molar-refractivity contribution in [1.82, 2.24) is 9.97 Å². The fourth-order valence-corrected chi connectivity index (χ4v) is 1.09. The first-order chi connectivity index (χ1) is 6.01. The Kier molecular flexibility index (Phi) is 2.62. The Morgan fingerprint density at radius 2 is 2.15 bits per heavy atom. The molecule has 0 aliphatic heterocycles. The summed E-state index contributed by atoms with van der Waals surface area (Å²) in [5.41, 5.74) is 1.13. The smallest absolute Gasteiger partial charge is 0.228 e. The zero-order chi connectivity index (χ0) is 9.90. The summed E-state index contributed by atoms with van der Waals surface area (Å²) in [5, 5.41) is 8.59. The maximum absolute atomic E-state index is 8.59. The molecule has 3 nitrogen and oxygen atoms in total. The van der Waals surface area contributed by atoms with E-state index >= 15 is 0 Å². The van der Waals surface area contributed by atoms with Gasteiger partial charge < -0.3 is 0 Å². The van der Waals surface area contributed by atoms with E-state index < -0.39 is 0 Å². The van der Waals surface area contributed by atoms with Crippen LogP contribution in [0.1, 0.15) is 32.3 Å². The van der Waals surface area contributed by atoms with Crippen molar-refractivity contribution in [3.8, 4) is 6.07 Å². The van der Waals surface area contributed by atoms with E-state index in [0.717, 1.165) is 12.1 Å². The molecule has 0 bridgehead atoms. The van der Waals surface area contributed by atoms with E-state index in [9.17, 15) is 0 Å². The highest BCUT2D eigenvalue weighted by molar-refractivity contribution is 5.13. The third kappa shape index (κ3) is 3.20. The Bertz CT molecular complexity index is 331. The first-order valence-corrected chi connectivity index (χ1v) is 4.23. The zero-order valence-electron chi connectivity index (χ0n) is 8.20. The molecule has 13 heavy (non-hydrogen) atoms. The van der Waals surface area contributed by atoms with Crippen molar-refractivity contribution < 1.29 is 0 Å². The number of rotatable bonds is 1. The van der Waals surface area contributed by atoms with Gasteiger partial charge in [-0.15, -0.1) is 0 Å². The third-order valence-electron chi connectivity index (χ3n) is 1.52. The van der Waals surface area contributed by atoms with E-state index in [-0.39, 0.29) is 11.2 Å². The fourth-order valence-electron chi connectivity index (χ4n) is 1.09. The molecule has 1 aromatic heterocycles. The number of nitrogens with zero attached hydrogens (tertiary/aromatic N) is 3. The average Bonchev–Trinajstić information content (AvgIpc) is 2.01. The van der Waals surface area contributed by atoms with Crippen molar-refractivity contribution in [2.75, 3.05) is 0 Å². The van der Waals surface area contributed by atoms with Crippen molar-refractivity contribution in [1.29, 1.82) is 5.26 Å². The van der Waals surface area contributed by atoms with Gasteiger partial charge in [0.1, 0.15) is 6.07 Å². The average molecular weight is 175 g/mol. The Morgan fingerprint density at radius 1 is 1.46 bits per heavy atom. The molecule has 0 spiro atoms. The highest BCUT2D eigenvalue weighted by atomic mass is 14.9. The van der Waals surface area contributed by atoms with Crippen molar-refractivity contribution in [3.63, 3.8) is 0 Å². The van der Waals surface area contributed by atoms with Crippen LogP contribution in [0.4, 0.5) is 0 Å². The summed E-state index contributed by atoms with van der Waals surface area (Å²) in [7, 11) is 0. The van der Waals surface area contributed by atoms with Crippen molar-refractivity contribution in [2.45, 2.75) is 27.2 Å². The summed E-state index contributed by atoms with van der Waals surface area (Å²) < 4.78 is 0. The van der Waals surface area contributed by atoms with Crippen LogP contribution in [0.5, 0.6) is 0 Å². The molecule has 1 heterocycles. The predicted octanol–water partition coefficient (Wildman–Crippen LogP) is 1.94. The topological polar surface area (TPSA) is 49.6 Å². The van der Waals surface area contributed by atoms with Crippen molar-refractivity contribution >= 4 is 0 Å². The maximum atomic E-state index is 8.59. The van der Waals surface area contributed by atoms with Crippen LogP contribution in [-0.2, 0) is 6.42 Å². The van der Waals surface area contributed by atoms with Gasteiger partial charge in [0, 0.05) is 11.9 Å². The Labute approximate surface area is 78.5 Å². The predicted molar refractivity (Wildman–Crippen MR) is 49.9 cm³/mol. The minimum Gasteiger partial charge on any atom is -0.228 e. The van der Waals surface area contributed by atoms with Crippen molar-refractivity contribution in [3.05, 3.63) is 23.8 Å². The molecule has 0 unspecified atom stereocenters. The molecule has 0 N–H and O–H groups in total. The van der Waals surface area contributed by atoms with E-state index in [0.29, 0.717) is 0 Å². The number of hydrogen-bond acceptors (Lipinski definition) is 3. The van der Waals surface area contributed by atoms with Gasteiger partial charge in [0.2, 0.25) is 5.82 Å². The molecule has 0 saturated heterocycles. The fraction of sp³-hybridized carbons (Fsp3) is 0.500. The minimum atomic E-state index is 0.196. The molecule has 0 aromatic carbocycles. The lowest BCUT2D eigenvalue weighted by atomic mass is 9.90. The molecule has 0 amide bonds. The lowest BCUT2D eigenvalue weighted by molar-refractivity contribution is 0.406. The van der Waals surface area contributed by atoms with Gasteiger partial charge in [-0.05, 0) is 17.9 Å². The second kappa shape index (κ2) is 3.53. The van der Waals surface area contributed by atoms with E-state index in [1.165, 1.54) is 0 Å².